The van der Waals surface area contributed by atoms with Crippen molar-refractivity contribution in [3.8, 4) is 6.07 Å². The van der Waals surface area contributed by atoms with Gasteiger partial charge in [-0.25, -0.2) is 9.91 Å². The molecule has 1 saturated heterocycles. The van der Waals surface area contributed by atoms with Crippen molar-refractivity contribution in [1.82, 2.24) is 5.01 Å². The van der Waals surface area contributed by atoms with Crippen LogP contribution in [-0.2, 0) is 9.59 Å². The van der Waals surface area contributed by atoms with Gasteiger partial charge in [-0.15, -0.1) is 0 Å². The summed E-state index contributed by atoms with van der Waals surface area (Å²) in [6, 6.07) is 16.5. The van der Waals surface area contributed by atoms with E-state index in [1.54, 1.807) is 59.6 Å². The summed E-state index contributed by atoms with van der Waals surface area (Å²) in [6.45, 7) is 6.11. The number of carbonyl (C=O) groups is 2. The van der Waals surface area contributed by atoms with Crippen molar-refractivity contribution >= 4 is 23.2 Å². The topological polar surface area (TPSA) is 96.7 Å². The fourth-order valence-corrected chi connectivity index (χ4v) is 5.46. The molecule has 5 rings (SSSR count). The molecular formula is C30H30N4O3. The Labute approximate surface area is 217 Å². The fraction of sp³-hybridized carbons (Fsp3) is 0.300. The molecule has 0 radical (unpaired) electrons. The smallest absolute Gasteiger partial charge is 0.254 e. The number of carbonyl (C=O) groups excluding carboxylic acids is 2. The number of hydrogen-bond donors (Lipinski definition) is 2. The molecule has 1 aliphatic carbocycles. The van der Waals surface area contributed by atoms with Crippen LogP contribution < -0.4 is 10.3 Å². The molecule has 0 aromatic heterocycles. The molecule has 4 unspecified atom stereocenters. The average Bonchev–Trinajstić information content (AvgIpc) is 3.19. The summed E-state index contributed by atoms with van der Waals surface area (Å²) in [5, 5.41) is 22.4. The fourth-order valence-electron chi connectivity index (χ4n) is 5.46. The lowest BCUT2D eigenvalue weighted by Gasteiger charge is -2.41. The van der Waals surface area contributed by atoms with E-state index in [1.165, 1.54) is 4.90 Å². The van der Waals surface area contributed by atoms with Crippen LogP contribution in [0.1, 0.15) is 31.7 Å². The van der Waals surface area contributed by atoms with Gasteiger partial charge >= 0.3 is 0 Å². The van der Waals surface area contributed by atoms with Crippen LogP contribution in [0.4, 0.5) is 11.4 Å². The van der Waals surface area contributed by atoms with Crippen molar-refractivity contribution < 1.29 is 14.7 Å². The maximum atomic E-state index is 13.8. The molecule has 2 aromatic carbocycles. The van der Waals surface area contributed by atoms with Gasteiger partial charge in [0.15, 0.2) is 0 Å². The second-order valence-corrected chi connectivity index (χ2v) is 9.94. The minimum absolute atomic E-state index is 0.293. The molecule has 7 heteroatoms. The number of hydrogen-bond acceptors (Lipinski definition) is 6. The first kappa shape index (κ1) is 24.7. The molecule has 7 nitrogen and oxygen atoms in total. The van der Waals surface area contributed by atoms with Crippen molar-refractivity contribution in [1.29, 1.82) is 5.26 Å². The first-order valence-electron chi connectivity index (χ1n) is 12.6. The Morgan fingerprint density at radius 3 is 2.46 bits per heavy atom. The Hall–Kier alpha value is -3.99. The number of amides is 2. The third kappa shape index (κ3) is 4.62. The molecule has 0 saturated carbocycles. The lowest BCUT2D eigenvalue weighted by molar-refractivity contribution is -0.123. The number of nitriles is 1. The van der Waals surface area contributed by atoms with Gasteiger partial charge in [-0.1, -0.05) is 48.6 Å². The second-order valence-electron chi connectivity index (χ2n) is 9.94. The van der Waals surface area contributed by atoms with E-state index in [0.717, 1.165) is 30.4 Å². The maximum Gasteiger partial charge on any atom is 0.254 e. The number of para-hydroxylation sites is 1. The SMILES string of the molecule is C=C(C)[C@@H]1CC=C(C(O)C2C=CC3C(=O)N(c4ccccc4)C(=O)C3N2Nc2ccc(C#N)cc2)CC1. The number of nitrogens with zero attached hydrogens (tertiary/aromatic N) is 3. The molecule has 2 heterocycles. The van der Waals surface area contributed by atoms with E-state index >= 15 is 0 Å². The monoisotopic (exact) mass is 494 g/mol. The summed E-state index contributed by atoms with van der Waals surface area (Å²) in [5.41, 5.74) is 7.06. The molecule has 2 aromatic rings. The van der Waals surface area contributed by atoms with Crippen LogP contribution in [0.2, 0.25) is 0 Å². The van der Waals surface area contributed by atoms with Crippen LogP contribution in [0, 0.1) is 23.2 Å². The molecule has 2 aliphatic heterocycles. The Morgan fingerprint density at radius 2 is 1.84 bits per heavy atom. The number of imide groups is 1. The number of allylic oxidation sites excluding steroid dienone is 2. The highest BCUT2D eigenvalue weighted by molar-refractivity contribution is 6.24. The highest BCUT2D eigenvalue weighted by Crippen LogP contribution is 2.38. The summed E-state index contributed by atoms with van der Waals surface area (Å²) in [5.74, 6) is -0.916. The highest BCUT2D eigenvalue weighted by Gasteiger charge is 2.54. The van der Waals surface area contributed by atoms with Crippen molar-refractivity contribution in [2.45, 2.75) is 44.4 Å². The minimum atomic E-state index is -0.858. The molecule has 0 bridgehead atoms. The number of aliphatic hydroxyl groups excluding tert-OH is 1. The van der Waals surface area contributed by atoms with Crippen LogP contribution >= 0.6 is 0 Å². The van der Waals surface area contributed by atoms with Gasteiger partial charge in [0.2, 0.25) is 5.91 Å². The van der Waals surface area contributed by atoms with Crippen LogP contribution in [0.15, 0.2) is 90.6 Å². The van der Waals surface area contributed by atoms with Crippen molar-refractivity contribution in [3.63, 3.8) is 0 Å². The van der Waals surface area contributed by atoms with Crippen molar-refractivity contribution in [2.24, 2.45) is 11.8 Å². The first-order chi connectivity index (χ1) is 17.9. The average molecular weight is 495 g/mol. The zero-order valence-electron chi connectivity index (χ0n) is 20.7. The Balaban J connectivity index is 1.49. The van der Waals surface area contributed by atoms with Crippen molar-refractivity contribution in [2.75, 3.05) is 10.3 Å². The van der Waals surface area contributed by atoms with Gasteiger partial charge in [-0.05, 0) is 74.1 Å². The van der Waals surface area contributed by atoms with E-state index < -0.39 is 24.1 Å². The standard InChI is InChI=1S/C30H30N4O3/c1-19(2)21-10-12-22(13-11-21)28(35)26-17-16-25-27(34(26)32-23-14-8-20(18-31)9-15-23)30(37)33(29(25)36)24-6-4-3-5-7-24/h3-9,12,14-17,21,25-28,32,35H,1,10-11,13H2,2H3/t21-,25?,26?,27?,28?/m1/s1. The highest BCUT2D eigenvalue weighted by atomic mass is 16.3. The predicted octanol–water partition coefficient (Wildman–Crippen LogP) is 4.35. The quantitative estimate of drug-likeness (QED) is 0.458. The van der Waals surface area contributed by atoms with Gasteiger partial charge in [0.05, 0.1) is 35.4 Å². The van der Waals surface area contributed by atoms with Gasteiger partial charge < -0.3 is 10.5 Å². The molecule has 188 valence electrons. The number of anilines is 2. The summed E-state index contributed by atoms with van der Waals surface area (Å²) < 4.78 is 0. The lowest BCUT2D eigenvalue weighted by atomic mass is 9.81. The van der Waals surface area contributed by atoms with Gasteiger partial charge in [0, 0.05) is 5.69 Å². The van der Waals surface area contributed by atoms with Crippen LogP contribution in [0.25, 0.3) is 0 Å². The number of nitrogens with one attached hydrogen (secondary N) is 1. The van der Waals surface area contributed by atoms with E-state index in [4.69, 9.17) is 5.26 Å². The second kappa shape index (κ2) is 10.2. The van der Waals surface area contributed by atoms with Gasteiger partial charge in [0.25, 0.3) is 5.91 Å². The van der Waals surface area contributed by atoms with E-state index in [9.17, 15) is 14.7 Å². The maximum absolute atomic E-state index is 13.8. The summed E-state index contributed by atoms with van der Waals surface area (Å²) in [7, 11) is 0. The molecule has 2 N–H and O–H groups in total. The molecular weight excluding hydrogens is 464 g/mol. The number of fused-ring (bicyclic) bond motifs is 1. The van der Waals surface area contributed by atoms with Gasteiger partial charge in [-0.2, -0.15) is 5.26 Å². The summed E-state index contributed by atoms with van der Waals surface area (Å²) >= 11 is 0. The Bertz CT molecular complexity index is 1310. The Morgan fingerprint density at radius 1 is 1.11 bits per heavy atom. The first-order valence-corrected chi connectivity index (χ1v) is 12.6. The number of aliphatic hydroxyl groups is 1. The molecule has 0 spiro atoms. The van der Waals surface area contributed by atoms with E-state index in [2.05, 4.69) is 24.1 Å². The van der Waals surface area contributed by atoms with Gasteiger partial charge in [-0.3, -0.25) is 9.59 Å². The summed E-state index contributed by atoms with van der Waals surface area (Å²) in [4.78, 5) is 28.4. The minimum Gasteiger partial charge on any atom is -0.387 e. The third-order valence-electron chi connectivity index (χ3n) is 7.59. The van der Waals surface area contributed by atoms with Crippen LogP contribution in [0.3, 0.4) is 0 Å². The third-order valence-corrected chi connectivity index (χ3v) is 7.59. The van der Waals surface area contributed by atoms with Crippen LogP contribution in [0.5, 0.6) is 0 Å². The van der Waals surface area contributed by atoms with Gasteiger partial charge in [0.1, 0.15) is 6.04 Å². The number of rotatable bonds is 6. The predicted molar refractivity (Wildman–Crippen MR) is 142 cm³/mol. The van der Waals surface area contributed by atoms with Crippen molar-refractivity contribution in [3.05, 3.63) is 96.1 Å². The normalized spacial score (nSPS) is 26.3. The van der Waals surface area contributed by atoms with E-state index in [1.807, 2.05) is 19.1 Å². The zero-order valence-corrected chi connectivity index (χ0v) is 20.7. The molecule has 2 amide bonds. The van der Waals surface area contributed by atoms with Crippen LogP contribution in [-0.4, -0.2) is 40.1 Å². The Kier molecular flexibility index (Phi) is 6.79. The lowest BCUT2D eigenvalue weighted by Crippen LogP contribution is -2.57. The zero-order chi connectivity index (χ0) is 26.1. The molecule has 37 heavy (non-hydrogen) atoms. The molecule has 5 atom stereocenters. The largest absolute Gasteiger partial charge is 0.387 e. The molecule has 1 fully saturated rings. The molecule has 3 aliphatic rings. The number of benzene rings is 2. The van der Waals surface area contributed by atoms with E-state index in [-0.39, 0.29) is 11.8 Å². The summed E-state index contributed by atoms with van der Waals surface area (Å²) in [6.07, 6.45) is 7.31. The van der Waals surface area contributed by atoms with E-state index in [0.29, 0.717) is 22.9 Å². The number of hydrazine groups is 1.